The quantitative estimate of drug-likeness (QED) is 0.148. The van der Waals surface area contributed by atoms with Crippen LogP contribution in [0.5, 0.6) is 0 Å². The van der Waals surface area contributed by atoms with Gasteiger partial charge in [-0.15, -0.1) is 0 Å². The second kappa shape index (κ2) is 15.5. The zero-order valence-corrected chi connectivity index (χ0v) is 35.2. The number of hydrogen-bond donors (Lipinski definition) is 0. The maximum Gasteiger partial charge on any atom is 0.0547 e. The van der Waals surface area contributed by atoms with Crippen molar-refractivity contribution in [2.75, 3.05) is 4.90 Å². The molecule has 64 heavy (non-hydrogen) atoms. The third kappa shape index (κ3) is 6.35. The highest BCUT2D eigenvalue weighted by atomic mass is 15.1. The van der Waals surface area contributed by atoms with E-state index in [0.29, 0.717) is 0 Å². The third-order valence-corrected chi connectivity index (χ3v) is 12.9. The lowest BCUT2D eigenvalue weighted by Gasteiger charge is -2.28. The van der Waals surface area contributed by atoms with Crippen molar-refractivity contribution in [3.8, 4) is 61.3 Å². The van der Waals surface area contributed by atoms with Crippen molar-refractivity contribution < 1.29 is 0 Å². The Bertz CT molecular complexity index is 3560. The fraction of sp³-hybridized carbons (Fsp3) is 0. The van der Waals surface area contributed by atoms with Crippen molar-refractivity contribution in [2.45, 2.75) is 0 Å². The maximum absolute atomic E-state index is 4.46. The number of anilines is 3. The Morgan fingerprint density at radius 3 is 1.59 bits per heavy atom. The zero-order chi connectivity index (χ0) is 42.6. The highest BCUT2D eigenvalue weighted by Crippen LogP contribution is 2.46. The zero-order valence-electron chi connectivity index (χ0n) is 35.2. The highest BCUT2D eigenvalue weighted by Gasteiger charge is 2.23. The summed E-state index contributed by atoms with van der Waals surface area (Å²) in [5.41, 5.74) is 22.3. The molecular formula is C62H42N2. The van der Waals surface area contributed by atoms with Gasteiger partial charge in [0.1, 0.15) is 0 Å². The van der Waals surface area contributed by atoms with E-state index in [4.69, 9.17) is 0 Å². The second-order valence-electron chi connectivity index (χ2n) is 16.6. The minimum atomic E-state index is 1.09. The van der Waals surface area contributed by atoms with Crippen LogP contribution in [0.3, 0.4) is 0 Å². The summed E-state index contributed by atoms with van der Waals surface area (Å²) in [7, 11) is 0. The van der Waals surface area contributed by atoms with Gasteiger partial charge < -0.3 is 9.47 Å². The van der Waals surface area contributed by atoms with Gasteiger partial charge in [-0.2, -0.15) is 0 Å². The van der Waals surface area contributed by atoms with Crippen LogP contribution < -0.4 is 4.90 Å². The number of para-hydroxylation sites is 3. The molecule has 2 heteroatoms. The topological polar surface area (TPSA) is 8.17 Å². The molecule has 2 nitrogen and oxygen atoms in total. The van der Waals surface area contributed by atoms with Crippen molar-refractivity contribution >= 4 is 44.4 Å². The average Bonchev–Trinajstić information content (AvgIpc) is 3.85. The summed E-state index contributed by atoms with van der Waals surface area (Å²) in [5, 5.41) is 2.48. The summed E-state index contributed by atoms with van der Waals surface area (Å²) in [6.45, 7) is 4.46. The minimum absolute atomic E-state index is 1.09. The van der Waals surface area contributed by atoms with Gasteiger partial charge in [0.25, 0.3) is 0 Å². The first-order chi connectivity index (χ1) is 31.7. The smallest absolute Gasteiger partial charge is 0.0547 e. The number of rotatable bonds is 8. The molecule has 0 saturated heterocycles. The summed E-state index contributed by atoms with van der Waals surface area (Å²) in [6, 6.07) is 88.0. The molecular weight excluding hydrogens is 773 g/mol. The molecule has 0 radical (unpaired) electrons. The molecule has 11 aromatic rings. The normalized spacial score (nSPS) is 11.8. The van der Waals surface area contributed by atoms with Gasteiger partial charge in [-0.25, -0.2) is 0 Å². The van der Waals surface area contributed by atoms with Crippen molar-refractivity contribution in [3.05, 3.63) is 260 Å². The van der Waals surface area contributed by atoms with Crippen LogP contribution in [0.25, 0.3) is 88.7 Å². The Labute approximate surface area is 373 Å². The highest BCUT2D eigenvalue weighted by molar-refractivity contribution is 6.11. The Hall–Kier alpha value is -8.46. The largest absolute Gasteiger partial charge is 0.310 e. The van der Waals surface area contributed by atoms with Crippen LogP contribution in [-0.2, 0) is 0 Å². The van der Waals surface area contributed by atoms with Crippen molar-refractivity contribution in [1.82, 2.24) is 4.57 Å². The lowest BCUT2D eigenvalue weighted by Crippen LogP contribution is -2.11. The van der Waals surface area contributed by atoms with Gasteiger partial charge in [0.15, 0.2) is 0 Å². The number of nitrogens with zero attached hydrogens (tertiary/aromatic N) is 2. The molecule has 0 bridgehead atoms. The summed E-state index contributed by atoms with van der Waals surface area (Å²) >= 11 is 0. The summed E-state index contributed by atoms with van der Waals surface area (Å²) in [5.74, 6) is 0. The summed E-state index contributed by atoms with van der Waals surface area (Å²) < 4.78 is 2.43. The molecule has 0 spiro atoms. The van der Waals surface area contributed by atoms with E-state index in [9.17, 15) is 0 Å². The molecule has 1 aromatic heterocycles. The van der Waals surface area contributed by atoms with Crippen molar-refractivity contribution in [1.29, 1.82) is 0 Å². The first-order valence-corrected chi connectivity index (χ1v) is 21.9. The van der Waals surface area contributed by atoms with Crippen LogP contribution in [0.15, 0.2) is 249 Å². The standard InChI is InChI=1S/C62H42N2/c1-42-53-24-8-9-26-56(53)59-41-52(35-37-54(42)59)64-61-29-13-11-27-57(61)58-36-32-48(40-62(58)64)47-20-15-21-49(39-47)55-25-10-12-28-60(55)63(50-22-6-3-7-23-50)51-33-30-44(31-34-51)46-19-14-18-45(38-46)43-16-4-2-5-17-43/h2-41H,1H2. The number of aromatic nitrogens is 1. The Balaban J connectivity index is 0.938. The Morgan fingerprint density at radius 1 is 0.297 bits per heavy atom. The molecule has 10 aromatic carbocycles. The van der Waals surface area contributed by atoms with Gasteiger partial charge in [-0.1, -0.05) is 183 Å². The number of hydrogen-bond acceptors (Lipinski definition) is 1. The lowest BCUT2D eigenvalue weighted by molar-refractivity contribution is 1.18. The fourth-order valence-electron chi connectivity index (χ4n) is 9.81. The van der Waals surface area contributed by atoms with Gasteiger partial charge >= 0.3 is 0 Å². The predicted octanol–water partition coefficient (Wildman–Crippen LogP) is 17.0. The maximum atomic E-state index is 4.46. The van der Waals surface area contributed by atoms with E-state index in [-0.39, 0.29) is 0 Å². The molecule has 0 N–H and O–H groups in total. The van der Waals surface area contributed by atoms with E-state index >= 15 is 0 Å². The third-order valence-electron chi connectivity index (χ3n) is 12.9. The monoisotopic (exact) mass is 814 g/mol. The van der Waals surface area contributed by atoms with Crippen LogP contribution in [0.4, 0.5) is 17.1 Å². The lowest BCUT2D eigenvalue weighted by atomic mass is 9.96. The molecule has 1 aliphatic carbocycles. The van der Waals surface area contributed by atoms with Gasteiger partial charge in [-0.05, 0) is 134 Å². The SMILES string of the molecule is C=C1c2ccccc2-c2cc(-n3c4ccccc4c4ccc(-c5cccc(-c6ccccc6N(c6ccccc6)c6ccc(-c7cccc(-c8ccccc8)c7)cc6)c5)cc43)ccc21. The second-order valence-corrected chi connectivity index (χ2v) is 16.6. The molecule has 0 saturated carbocycles. The molecule has 0 atom stereocenters. The first-order valence-electron chi connectivity index (χ1n) is 21.9. The Kier molecular flexibility index (Phi) is 9.02. The van der Waals surface area contributed by atoms with Gasteiger partial charge in [0.2, 0.25) is 0 Å². The fourth-order valence-corrected chi connectivity index (χ4v) is 9.81. The van der Waals surface area contributed by atoms with Gasteiger partial charge in [0.05, 0.1) is 16.7 Å². The molecule has 1 aliphatic rings. The van der Waals surface area contributed by atoms with E-state index in [1.165, 1.54) is 77.4 Å². The molecule has 300 valence electrons. The molecule has 1 heterocycles. The van der Waals surface area contributed by atoms with Gasteiger partial charge in [0, 0.05) is 33.4 Å². The minimum Gasteiger partial charge on any atom is -0.310 e. The van der Waals surface area contributed by atoms with Crippen molar-refractivity contribution in [3.63, 3.8) is 0 Å². The van der Waals surface area contributed by atoms with E-state index in [1.807, 2.05) is 0 Å². The van der Waals surface area contributed by atoms with Gasteiger partial charge in [-0.3, -0.25) is 0 Å². The van der Waals surface area contributed by atoms with E-state index in [0.717, 1.165) is 39.4 Å². The number of benzene rings is 10. The summed E-state index contributed by atoms with van der Waals surface area (Å²) in [4.78, 5) is 2.38. The van der Waals surface area contributed by atoms with Crippen LogP contribution in [0, 0.1) is 0 Å². The van der Waals surface area contributed by atoms with Crippen LogP contribution in [-0.4, -0.2) is 4.57 Å². The van der Waals surface area contributed by atoms with E-state index in [1.54, 1.807) is 0 Å². The first kappa shape index (κ1) is 37.3. The van der Waals surface area contributed by atoms with E-state index < -0.39 is 0 Å². The molecule has 0 amide bonds. The van der Waals surface area contributed by atoms with Crippen molar-refractivity contribution in [2.24, 2.45) is 0 Å². The van der Waals surface area contributed by atoms with Crippen LogP contribution >= 0.6 is 0 Å². The average molecular weight is 815 g/mol. The predicted molar refractivity (Wildman–Crippen MR) is 271 cm³/mol. The molecule has 0 aliphatic heterocycles. The molecule has 12 rings (SSSR count). The van der Waals surface area contributed by atoms with Crippen LogP contribution in [0.1, 0.15) is 11.1 Å². The van der Waals surface area contributed by atoms with Crippen LogP contribution in [0.2, 0.25) is 0 Å². The summed E-state index contributed by atoms with van der Waals surface area (Å²) in [6.07, 6.45) is 0. The molecule has 0 unspecified atom stereocenters. The molecule has 0 fully saturated rings. The Morgan fingerprint density at radius 2 is 0.812 bits per heavy atom. The van der Waals surface area contributed by atoms with E-state index in [2.05, 4.69) is 259 Å². The number of fused-ring (bicyclic) bond motifs is 6.